The van der Waals surface area contributed by atoms with E-state index in [0.29, 0.717) is 17.2 Å². The molecule has 0 saturated heterocycles. The van der Waals surface area contributed by atoms with Crippen LogP contribution in [-0.2, 0) is 16.4 Å². The summed E-state index contributed by atoms with van der Waals surface area (Å²) in [7, 11) is -3.62. The number of benzene rings is 1. The lowest BCUT2D eigenvalue weighted by Crippen LogP contribution is -2.35. The van der Waals surface area contributed by atoms with Crippen LogP contribution in [0.3, 0.4) is 0 Å². The maximum atomic E-state index is 13.4. The summed E-state index contributed by atoms with van der Waals surface area (Å²) in [6.07, 6.45) is 1.74. The van der Waals surface area contributed by atoms with Crippen molar-refractivity contribution in [2.75, 3.05) is 10.8 Å². The summed E-state index contributed by atoms with van der Waals surface area (Å²) in [6.45, 7) is 6.16. The Hall–Kier alpha value is -2.12. The number of aromatic nitrogens is 1. The van der Waals surface area contributed by atoms with Gasteiger partial charge in [-0.3, -0.25) is 4.31 Å². The van der Waals surface area contributed by atoms with E-state index in [1.54, 1.807) is 10.4 Å². The molecule has 26 heavy (non-hydrogen) atoms. The van der Waals surface area contributed by atoms with Crippen molar-refractivity contribution in [2.24, 2.45) is 0 Å². The van der Waals surface area contributed by atoms with Gasteiger partial charge in [0.2, 0.25) is 0 Å². The number of para-hydroxylation sites is 1. The lowest BCUT2D eigenvalue weighted by molar-refractivity contribution is 0.427. The quantitative estimate of drug-likeness (QED) is 0.664. The highest BCUT2D eigenvalue weighted by atomic mass is 32.2. The molecule has 0 fully saturated rings. The number of thiophene rings is 1. The average Bonchev–Trinajstić information content (AvgIpc) is 3.17. The van der Waals surface area contributed by atoms with Gasteiger partial charge in [0, 0.05) is 17.0 Å². The summed E-state index contributed by atoms with van der Waals surface area (Å²) in [6, 6.07) is 9.46. The lowest BCUT2D eigenvalue weighted by atomic mass is 10.0. The first-order chi connectivity index (χ1) is 12.4. The molecule has 0 radical (unpaired) electrons. The molecule has 0 bridgehead atoms. The second kappa shape index (κ2) is 6.25. The summed E-state index contributed by atoms with van der Waals surface area (Å²) < 4.78 is 33.7. The summed E-state index contributed by atoms with van der Waals surface area (Å²) in [5, 5.41) is 3.99. The zero-order valence-corrected chi connectivity index (χ0v) is 16.6. The zero-order chi connectivity index (χ0) is 18.5. The van der Waals surface area contributed by atoms with Crippen LogP contribution in [0.4, 0.5) is 5.69 Å². The van der Waals surface area contributed by atoms with E-state index in [1.165, 1.54) is 11.3 Å². The molecule has 0 spiro atoms. The molecule has 3 aromatic rings. The van der Waals surface area contributed by atoms with Crippen LogP contribution in [0.15, 0.2) is 39.8 Å². The topological polar surface area (TPSA) is 63.4 Å². The van der Waals surface area contributed by atoms with Gasteiger partial charge in [-0.05, 0) is 51.3 Å². The monoisotopic (exact) mass is 388 g/mol. The Labute approximate surface area is 157 Å². The van der Waals surface area contributed by atoms with Crippen LogP contribution in [-0.4, -0.2) is 20.1 Å². The molecule has 2 aromatic heterocycles. The van der Waals surface area contributed by atoms with Gasteiger partial charge >= 0.3 is 0 Å². The molecule has 7 heteroatoms. The highest BCUT2D eigenvalue weighted by Gasteiger charge is 2.32. The molecular weight excluding hydrogens is 368 g/mol. The smallest absolute Gasteiger partial charge is 0.265 e. The molecule has 0 aliphatic carbocycles. The maximum Gasteiger partial charge on any atom is 0.265 e. The van der Waals surface area contributed by atoms with E-state index >= 15 is 0 Å². The predicted molar refractivity (Wildman–Crippen MR) is 103 cm³/mol. The standard InChI is InChI=1S/C19H20N2O3S2/c1-12-13(2)20-24-19(12)17-11-18(14(3)25-17)26(22,23)21-10-6-8-15-7-4-5-9-16(15)21/h4-5,7,9,11H,6,8,10H2,1-3H3. The van der Waals surface area contributed by atoms with Crippen LogP contribution in [0.25, 0.3) is 10.6 Å². The highest BCUT2D eigenvalue weighted by Crippen LogP contribution is 2.39. The molecule has 4 rings (SSSR count). The molecule has 136 valence electrons. The molecule has 0 unspecified atom stereocenters. The minimum atomic E-state index is -3.62. The average molecular weight is 389 g/mol. The van der Waals surface area contributed by atoms with E-state index < -0.39 is 10.0 Å². The van der Waals surface area contributed by atoms with E-state index in [-0.39, 0.29) is 0 Å². The van der Waals surface area contributed by atoms with Crippen molar-refractivity contribution in [3.63, 3.8) is 0 Å². The maximum absolute atomic E-state index is 13.4. The summed E-state index contributed by atoms with van der Waals surface area (Å²) in [5.41, 5.74) is 3.63. The number of anilines is 1. The molecule has 5 nitrogen and oxygen atoms in total. The predicted octanol–water partition coefficient (Wildman–Crippen LogP) is 4.47. The minimum absolute atomic E-state index is 0.350. The molecule has 0 saturated carbocycles. The van der Waals surface area contributed by atoms with Crippen molar-refractivity contribution in [1.82, 2.24) is 5.16 Å². The molecule has 0 amide bonds. The van der Waals surface area contributed by atoms with Gasteiger partial charge in [0.1, 0.15) is 4.90 Å². The number of hydrogen-bond donors (Lipinski definition) is 0. The Morgan fingerprint density at radius 3 is 2.69 bits per heavy atom. The highest BCUT2D eigenvalue weighted by molar-refractivity contribution is 7.93. The first-order valence-electron chi connectivity index (χ1n) is 8.54. The third-order valence-corrected chi connectivity index (χ3v) is 8.01. The third kappa shape index (κ3) is 2.66. The zero-order valence-electron chi connectivity index (χ0n) is 14.9. The Kier molecular flexibility index (Phi) is 4.16. The number of rotatable bonds is 3. The van der Waals surface area contributed by atoms with Crippen LogP contribution >= 0.6 is 11.3 Å². The van der Waals surface area contributed by atoms with Crippen molar-refractivity contribution < 1.29 is 12.9 Å². The van der Waals surface area contributed by atoms with E-state index in [1.807, 2.05) is 45.0 Å². The van der Waals surface area contributed by atoms with Crippen molar-refractivity contribution in [2.45, 2.75) is 38.5 Å². The van der Waals surface area contributed by atoms with Gasteiger partial charge in [0.15, 0.2) is 5.76 Å². The van der Waals surface area contributed by atoms with Crippen LogP contribution in [0.1, 0.15) is 28.1 Å². The first kappa shape index (κ1) is 17.3. The largest absolute Gasteiger partial charge is 0.355 e. The van der Waals surface area contributed by atoms with E-state index in [2.05, 4.69) is 5.16 Å². The molecule has 3 heterocycles. The molecular formula is C19H20N2O3S2. The second-order valence-electron chi connectivity index (χ2n) is 6.56. The lowest BCUT2D eigenvalue weighted by Gasteiger charge is -2.30. The Balaban J connectivity index is 1.80. The normalized spacial score (nSPS) is 14.5. The van der Waals surface area contributed by atoms with Crippen molar-refractivity contribution in [3.8, 4) is 10.6 Å². The SMILES string of the molecule is Cc1noc(-c2cc(S(=O)(=O)N3CCCc4ccccc43)c(C)s2)c1C. The second-order valence-corrected chi connectivity index (χ2v) is 9.65. The van der Waals surface area contributed by atoms with Crippen molar-refractivity contribution in [3.05, 3.63) is 52.0 Å². The van der Waals surface area contributed by atoms with Crippen molar-refractivity contribution >= 4 is 27.0 Å². The van der Waals surface area contributed by atoms with Crippen LogP contribution < -0.4 is 4.31 Å². The summed E-state index contributed by atoms with van der Waals surface area (Å²) in [4.78, 5) is 1.91. The van der Waals surface area contributed by atoms with Gasteiger partial charge in [0.25, 0.3) is 10.0 Å². The fraction of sp³-hybridized carbons (Fsp3) is 0.316. The minimum Gasteiger partial charge on any atom is -0.355 e. The van der Waals surface area contributed by atoms with Crippen LogP contribution in [0, 0.1) is 20.8 Å². The Bertz CT molecular complexity index is 1080. The molecule has 1 aliphatic heterocycles. The van der Waals surface area contributed by atoms with Crippen LogP contribution in [0.2, 0.25) is 0 Å². The van der Waals surface area contributed by atoms with E-state index in [0.717, 1.165) is 45.1 Å². The number of hydrogen-bond acceptors (Lipinski definition) is 5. The Morgan fingerprint density at radius 1 is 1.19 bits per heavy atom. The number of aryl methyl sites for hydroxylation is 3. The number of sulfonamides is 1. The van der Waals surface area contributed by atoms with Gasteiger partial charge < -0.3 is 4.52 Å². The van der Waals surface area contributed by atoms with Gasteiger partial charge in [-0.1, -0.05) is 23.4 Å². The summed E-state index contributed by atoms with van der Waals surface area (Å²) >= 11 is 1.43. The van der Waals surface area contributed by atoms with Gasteiger partial charge in [-0.15, -0.1) is 11.3 Å². The Morgan fingerprint density at radius 2 is 1.96 bits per heavy atom. The van der Waals surface area contributed by atoms with E-state index in [9.17, 15) is 8.42 Å². The molecule has 0 N–H and O–H groups in total. The van der Waals surface area contributed by atoms with E-state index in [4.69, 9.17) is 4.52 Å². The molecule has 1 aliphatic rings. The van der Waals surface area contributed by atoms with Gasteiger partial charge in [-0.25, -0.2) is 8.42 Å². The number of nitrogens with zero attached hydrogens (tertiary/aromatic N) is 2. The fourth-order valence-corrected chi connectivity index (χ4v) is 6.48. The third-order valence-electron chi connectivity index (χ3n) is 4.89. The fourth-order valence-electron chi connectivity index (χ4n) is 3.35. The molecule has 1 aromatic carbocycles. The van der Waals surface area contributed by atoms with Crippen molar-refractivity contribution in [1.29, 1.82) is 0 Å². The van der Waals surface area contributed by atoms with Gasteiger partial charge in [-0.2, -0.15) is 0 Å². The van der Waals surface area contributed by atoms with Gasteiger partial charge in [0.05, 0.1) is 16.3 Å². The number of fused-ring (bicyclic) bond motifs is 1. The van der Waals surface area contributed by atoms with Crippen LogP contribution in [0.5, 0.6) is 0 Å². The molecule has 0 atom stereocenters. The summed E-state index contributed by atoms with van der Waals surface area (Å²) in [5.74, 6) is 0.649. The first-order valence-corrected chi connectivity index (χ1v) is 10.8.